The Bertz CT molecular complexity index is 993. The Kier molecular flexibility index (Phi) is 6.50. The zero-order chi connectivity index (χ0) is 20.8. The number of carbonyl (C=O) groups excluding carboxylic acids is 1. The molecule has 0 radical (unpaired) electrons. The number of pyridine rings is 1. The maximum absolute atomic E-state index is 14.0. The Morgan fingerprint density at radius 2 is 1.83 bits per heavy atom. The molecular weight excluding hydrogens is 379 g/mol. The number of rotatable bonds is 6. The number of amides is 1. The summed E-state index contributed by atoms with van der Waals surface area (Å²) < 4.78 is 19.9. The highest BCUT2D eigenvalue weighted by Gasteiger charge is 2.26. The molecule has 0 spiro atoms. The van der Waals surface area contributed by atoms with Crippen LogP contribution >= 0.6 is 0 Å². The van der Waals surface area contributed by atoms with Gasteiger partial charge in [0.2, 0.25) is 5.91 Å². The smallest absolute Gasteiger partial charge is 0.223 e. The first-order valence-corrected chi connectivity index (χ1v) is 10.3. The van der Waals surface area contributed by atoms with Crippen LogP contribution in [0.15, 0.2) is 72.8 Å². The number of benzene rings is 2. The Morgan fingerprint density at radius 1 is 1.03 bits per heavy atom. The lowest BCUT2D eigenvalue weighted by atomic mass is 10.1. The van der Waals surface area contributed by atoms with Crippen molar-refractivity contribution in [3.63, 3.8) is 0 Å². The predicted molar refractivity (Wildman–Crippen MR) is 113 cm³/mol. The van der Waals surface area contributed by atoms with Crippen molar-refractivity contribution in [3.8, 4) is 0 Å². The highest BCUT2D eigenvalue weighted by molar-refractivity contribution is 5.76. The number of aryl methyl sites for hydroxylation is 1. The van der Waals surface area contributed by atoms with Gasteiger partial charge in [-0.2, -0.15) is 0 Å². The van der Waals surface area contributed by atoms with Gasteiger partial charge < -0.3 is 9.64 Å². The van der Waals surface area contributed by atoms with Crippen LogP contribution in [0, 0.1) is 5.82 Å². The second-order valence-electron chi connectivity index (χ2n) is 7.51. The quantitative estimate of drug-likeness (QED) is 0.614. The van der Waals surface area contributed by atoms with Crippen LogP contribution in [-0.2, 0) is 22.4 Å². The van der Waals surface area contributed by atoms with E-state index in [1.54, 1.807) is 12.1 Å². The number of hydrogen-bond acceptors (Lipinski definition) is 3. The largest absolute Gasteiger partial charge is 0.368 e. The fourth-order valence-corrected chi connectivity index (χ4v) is 3.72. The van der Waals surface area contributed by atoms with E-state index in [2.05, 4.69) is 0 Å². The van der Waals surface area contributed by atoms with E-state index >= 15 is 0 Å². The molecule has 2 aromatic carbocycles. The van der Waals surface area contributed by atoms with Gasteiger partial charge in [-0.05, 0) is 35.7 Å². The molecule has 0 saturated carbocycles. The van der Waals surface area contributed by atoms with Gasteiger partial charge in [0.1, 0.15) is 11.9 Å². The van der Waals surface area contributed by atoms with Crippen molar-refractivity contribution in [2.75, 3.05) is 19.7 Å². The van der Waals surface area contributed by atoms with Gasteiger partial charge in [0.25, 0.3) is 0 Å². The number of ether oxygens (including phenoxy) is 1. The zero-order valence-corrected chi connectivity index (χ0v) is 16.8. The normalized spacial score (nSPS) is 16.4. The molecule has 0 unspecified atom stereocenters. The minimum absolute atomic E-state index is 0.134. The fourth-order valence-electron chi connectivity index (χ4n) is 3.72. The molecular formula is C25H25FN2O2. The standard InChI is InChI=1S/C25H25FN2O2/c26-22-11-5-4-9-20(22)17-21-10-6-12-23(27-21)24-18-28(15-16-30-24)25(29)14-13-19-7-2-1-3-8-19/h1-12,24H,13-18H2/t24-/m1/s1. The molecule has 0 N–H and O–H groups in total. The molecule has 1 fully saturated rings. The van der Waals surface area contributed by atoms with Gasteiger partial charge in [0, 0.05) is 25.1 Å². The van der Waals surface area contributed by atoms with Crippen LogP contribution in [-0.4, -0.2) is 35.5 Å². The minimum Gasteiger partial charge on any atom is -0.368 e. The van der Waals surface area contributed by atoms with Gasteiger partial charge in [-0.25, -0.2) is 4.39 Å². The Hall–Kier alpha value is -3.05. The highest BCUT2D eigenvalue weighted by atomic mass is 19.1. The molecule has 4 rings (SSSR count). The minimum atomic E-state index is -0.264. The third-order valence-corrected chi connectivity index (χ3v) is 5.38. The predicted octanol–water partition coefficient (Wildman–Crippen LogP) is 4.34. The van der Waals surface area contributed by atoms with E-state index < -0.39 is 0 Å². The lowest BCUT2D eigenvalue weighted by Crippen LogP contribution is -2.42. The van der Waals surface area contributed by atoms with E-state index in [9.17, 15) is 9.18 Å². The van der Waals surface area contributed by atoms with E-state index in [0.717, 1.165) is 23.4 Å². The lowest BCUT2D eigenvalue weighted by Gasteiger charge is -2.33. The molecule has 5 heteroatoms. The van der Waals surface area contributed by atoms with E-state index in [0.29, 0.717) is 38.1 Å². The molecule has 4 nitrogen and oxygen atoms in total. The van der Waals surface area contributed by atoms with Gasteiger partial charge >= 0.3 is 0 Å². The monoisotopic (exact) mass is 404 g/mol. The summed E-state index contributed by atoms with van der Waals surface area (Å²) in [7, 11) is 0. The van der Waals surface area contributed by atoms with Gasteiger partial charge in [-0.15, -0.1) is 0 Å². The van der Waals surface area contributed by atoms with Crippen molar-refractivity contribution in [2.45, 2.75) is 25.4 Å². The number of halogens is 1. The van der Waals surface area contributed by atoms with E-state index in [1.165, 1.54) is 6.07 Å². The van der Waals surface area contributed by atoms with Crippen LogP contribution < -0.4 is 0 Å². The number of aromatic nitrogens is 1. The van der Waals surface area contributed by atoms with Crippen LogP contribution in [0.3, 0.4) is 0 Å². The van der Waals surface area contributed by atoms with Crippen LogP contribution in [0.2, 0.25) is 0 Å². The molecule has 1 aromatic heterocycles. The lowest BCUT2D eigenvalue weighted by molar-refractivity contribution is -0.139. The fraction of sp³-hybridized carbons (Fsp3) is 0.280. The summed E-state index contributed by atoms with van der Waals surface area (Å²) in [4.78, 5) is 19.3. The maximum atomic E-state index is 14.0. The zero-order valence-electron chi connectivity index (χ0n) is 16.8. The molecule has 30 heavy (non-hydrogen) atoms. The van der Waals surface area contributed by atoms with E-state index in [1.807, 2.05) is 59.5 Å². The number of nitrogens with zero attached hydrogens (tertiary/aromatic N) is 2. The first-order chi connectivity index (χ1) is 14.7. The second kappa shape index (κ2) is 9.63. The van der Waals surface area contributed by atoms with Crippen molar-refractivity contribution in [1.29, 1.82) is 0 Å². The van der Waals surface area contributed by atoms with Crippen molar-refractivity contribution in [1.82, 2.24) is 9.88 Å². The van der Waals surface area contributed by atoms with Crippen molar-refractivity contribution in [3.05, 3.63) is 101 Å². The van der Waals surface area contributed by atoms with Gasteiger partial charge in [0.05, 0.1) is 18.8 Å². The summed E-state index contributed by atoms with van der Waals surface area (Å²) in [6, 6.07) is 22.5. The van der Waals surface area contributed by atoms with Crippen molar-refractivity contribution >= 4 is 5.91 Å². The SMILES string of the molecule is O=C(CCc1ccccc1)N1CCO[C@@H](c2cccc(Cc3ccccc3F)n2)C1. The molecule has 3 aromatic rings. The summed E-state index contributed by atoms with van der Waals surface area (Å²) in [5, 5.41) is 0. The average molecular weight is 404 g/mol. The molecule has 0 bridgehead atoms. The first-order valence-electron chi connectivity index (χ1n) is 10.3. The number of hydrogen-bond donors (Lipinski definition) is 0. The summed E-state index contributed by atoms with van der Waals surface area (Å²) in [6.07, 6.45) is 1.38. The van der Waals surface area contributed by atoms with Crippen LogP contribution in [0.5, 0.6) is 0 Å². The van der Waals surface area contributed by atoms with Gasteiger partial charge in [-0.3, -0.25) is 9.78 Å². The van der Waals surface area contributed by atoms with Crippen molar-refractivity contribution in [2.24, 2.45) is 0 Å². The third-order valence-electron chi connectivity index (χ3n) is 5.38. The molecule has 1 aliphatic rings. The summed E-state index contributed by atoms with van der Waals surface area (Å²) >= 11 is 0. The highest BCUT2D eigenvalue weighted by Crippen LogP contribution is 2.22. The topological polar surface area (TPSA) is 42.4 Å². The molecule has 1 amide bonds. The molecule has 1 aliphatic heterocycles. The first kappa shape index (κ1) is 20.2. The Balaban J connectivity index is 1.39. The van der Waals surface area contributed by atoms with Crippen LogP contribution in [0.4, 0.5) is 4.39 Å². The van der Waals surface area contributed by atoms with Crippen molar-refractivity contribution < 1.29 is 13.9 Å². The second-order valence-corrected chi connectivity index (χ2v) is 7.51. The van der Waals surface area contributed by atoms with Gasteiger partial charge in [0.15, 0.2) is 0 Å². The summed E-state index contributed by atoms with van der Waals surface area (Å²) in [6.45, 7) is 1.57. The molecule has 2 heterocycles. The van der Waals surface area contributed by atoms with Gasteiger partial charge in [-0.1, -0.05) is 54.6 Å². The Labute approximate surface area is 176 Å². The molecule has 1 saturated heterocycles. The summed E-state index contributed by atoms with van der Waals surface area (Å²) in [5.41, 5.74) is 3.35. The number of carbonyl (C=O) groups is 1. The summed E-state index contributed by atoms with van der Waals surface area (Å²) in [5.74, 6) is -0.0940. The molecule has 1 atom stereocenters. The molecule has 154 valence electrons. The number of morpholine rings is 1. The third kappa shape index (κ3) is 5.10. The Morgan fingerprint density at radius 3 is 2.67 bits per heavy atom. The van der Waals surface area contributed by atoms with E-state index in [-0.39, 0.29) is 17.8 Å². The molecule has 0 aliphatic carbocycles. The maximum Gasteiger partial charge on any atom is 0.223 e. The van der Waals surface area contributed by atoms with Crippen LogP contribution in [0.1, 0.15) is 35.0 Å². The van der Waals surface area contributed by atoms with E-state index in [4.69, 9.17) is 9.72 Å². The average Bonchev–Trinajstić information content (AvgIpc) is 2.80. The van der Waals surface area contributed by atoms with Crippen LogP contribution in [0.25, 0.3) is 0 Å².